The van der Waals surface area contributed by atoms with E-state index in [1.54, 1.807) is 0 Å². The van der Waals surface area contributed by atoms with Crippen molar-refractivity contribution in [1.29, 1.82) is 0 Å². The quantitative estimate of drug-likeness (QED) is 0.552. The highest BCUT2D eigenvalue weighted by Crippen LogP contribution is 2.13. The van der Waals surface area contributed by atoms with Crippen molar-refractivity contribution in [2.75, 3.05) is 0 Å². The van der Waals surface area contributed by atoms with Crippen LogP contribution in [0, 0.1) is 13.8 Å². The van der Waals surface area contributed by atoms with E-state index in [1.165, 1.54) is 11.1 Å². The fourth-order valence-corrected chi connectivity index (χ4v) is 0.895. The first-order chi connectivity index (χ1) is 4.70. The van der Waals surface area contributed by atoms with E-state index in [4.69, 9.17) is 0 Å². The minimum Gasteiger partial charge on any atom is -0.0590 e. The van der Waals surface area contributed by atoms with Crippen LogP contribution >= 0.6 is 0 Å². The third-order valence-electron chi connectivity index (χ3n) is 1.65. The van der Waals surface area contributed by atoms with Gasteiger partial charge in [0.2, 0.25) is 0 Å². The van der Waals surface area contributed by atoms with Gasteiger partial charge < -0.3 is 0 Å². The number of aryl methyl sites for hydroxylation is 1. The monoisotopic (exact) mass is 133 g/mol. The number of hydrogen-bond acceptors (Lipinski definition) is 0. The zero-order valence-electron chi connectivity index (χ0n) is 6.59. The van der Waals surface area contributed by atoms with E-state index in [-0.39, 0.29) is 0 Å². The zero-order chi connectivity index (χ0) is 7.56. The summed E-state index contributed by atoms with van der Waals surface area (Å²) in [6.45, 7) is 8.14. The Labute approximate surface area is 62.9 Å². The fourth-order valence-electron chi connectivity index (χ4n) is 0.895. The minimum absolute atomic E-state index is 0.403. The average molecular weight is 133 g/mol. The van der Waals surface area contributed by atoms with Crippen LogP contribution in [0.5, 0.6) is 0 Å². The van der Waals surface area contributed by atoms with Gasteiger partial charge in [0.1, 0.15) is 0 Å². The Morgan fingerprint density at radius 1 is 1.20 bits per heavy atom. The van der Waals surface area contributed by atoms with Gasteiger partial charge in [0.25, 0.3) is 0 Å². The van der Waals surface area contributed by atoms with Crippen molar-refractivity contribution in [1.82, 2.24) is 0 Å². The minimum atomic E-state index is 0.403. The van der Waals surface area contributed by atoms with Crippen LogP contribution in [0.1, 0.15) is 24.0 Å². The molecule has 0 aliphatic carbocycles. The van der Waals surface area contributed by atoms with Crippen molar-refractivity contribution in [3.8, 4) is 0 Å². The molecule has 0 fully saturated rings. The summed E-state index contributed by atoms with van der Waals surface area (Å²) in [5.41, 5.74) is 2.62. The molecule has 1 rings (SSSR count). The Hall–Kier alpha value is -0.780. The van der Waals surface area contributed by atoms with Crippen LogP contribution in [0.2, 0.25) is 0 Å². The van der Waals surface area contributed by atoms with Crippen molar-refractivity contribution in [3.05, 3.63) is 42.3 Å². The van der Waals surface area contributed by atoms with Gasteiger partial charge in [-0.15, -0.1) is 0 Å². The van der Waals surface area contributed by atoms with Crippen molar-refractivity contribution in [2.24, 2.45) is 0 Å². The second-order valence-electron chi connectivity index (χ2n) is 2.81. The first-order valence-electron chi connectivity index (χ1n) is 3.60. The van der Waals surface area contributed by atoms with Gasteiger partial charge in [0.15, 0.2) is 0 Å². The van der Waals surface area contributed by atoms with E-state index in [0.717, 1.165) is 0 Å². The fraction of sp³-hybridized carbons (Fsp3) is 0.300. The number of hydrogen-bond donors (Lipinski definition) is 0. The number of rotatable bonds is 1. The highest BCUT2D eigenvalue weighted by molar-refractivity contribution is 5.24. The summed E-state index contributed by atoms with van der Waals surface area (Å²) in [7, 11) is 0. The topological polar surface area (TPSA) is 0 Å². The van der Waals surface area contributed by atoms with Gasteiger partial charge in [-0.25, -0.2) is 0 Å². The van der Waals surface area contributed by atoms with Gasteiger partial charge in [-0.1, -0.05) is 36.8 Å². The summed E-state index contributed by atoms with van der Waals surface area (Å²) in [6.07, 6.45) is 0. The van der Waals surface area contributed by atoms with E-state index < -0.39 is 0 Å². The molecule has 0 heteroatoms. The van der Waals surface area contributed by atoms with Gasteiger partial charge in [0.05, 0.1) is 0 Å². The molecule has 0 nitrogen and oxygen atoms in total. The Morgan fingerprint density at radius 2 is 1.70 bits per heavy atom. The highest BCUT2D eigenvalue weighted by atomic mass is 14.0. The maximum atomic E-state index is 3.94. The molecule has 53 valence electrons. The molecular formula is C10H13. The molecule has 1 atom stereocenters. The van der Waals surface area contributed by atoms with Crippen LogP contribution in [0.25, 0.3) is 0 Å². The molecule has 1 unspecified atom stereocenters. The normalized spacial score (nSPS) is 10.4. The molecule has 0 aliphatic heterocycles. The van der Waals surface area contributed by atoms with Crippen LogP contribution in [0.3, 0.4) is 0 Å². The van der Waals surface area contributed by atoms with Gasteiger partial charge in [0, 0.05) is 0 Å². The summed E-state index contributed by atoms with van der Waals surface area (Å²) in [6, 6.07) is 8.51. The van der Waals surface area contributed by atoms with Crippen LogP contribution in [0.4, 0.5) is 0 Å². The highest BCUT2D eigenvalue weighted by Gasteiger charge is 1.95. The lowest BCUT2D eigenvalue weighted by Gasteiger charge is -2.03. The summed E-state index contributed by atoms with van der Waals surface area (Å²) in [5, 5.41) is 0. The molecule has 0 amide bonds. The molecular weight excluding hydrogens is 120 g/mol. The van der Waals surface area contributed by atoms with E-state index in [1.807, 2.05) is 0 Å². The van der Waals surface area contributed by atoms with Crippen LogP contribution in [0.15, 0.2) is 24.3 Å². The third kappa shape index (κ3) is 1.60. The molecule has 1 aromatic rings. The molecule has 0 saturated carbocycles. The predicted octanol–water partition coefficient (Wildman–Crippen LogP) is 2.93. The van der Waals surface area contributed by atoms with E-state index in [0.29, 0.717) is 5.92 Å². The molecule has 0 saturated heterocycles. The summed E-state index contributed by atoms with van der Waals surface area (Å²) in [5.74, 6) is 0.403. The van der Waals surface area contributed by atoms with Crippen LogP contribution < -0.4 is 0 Å². The Kier molecular flexibility index (Phi) is 2.10. The molecule has 1 aromatic carbocycles. The Bertz CT molecular complexity index is 194. The maximum absolute atomic E-state index is 3.94. The van der Waals surface area contributed by atoms with Gasteiger partial charge in [-0.05, 0) is 25.3 Å². The molecule has 10 heavy (non-hydrogen) atoms. The Balaban J connectivity index is 2.89. The second kappa shape index (κ2) is 2.87. The van der Waals surface area contributed by atoms with Crippen molar-refractivity contribution in [3.63, 3.8) is 0 Å². The Morgan fingerprint density at radius 3 is 2.10 bits per heavy atom. The van der Waals surface area contributed by atoms with Crippen LogP contribution in [-0.2, 0) is 0 Å². The first kappa shape index (κ1) is 7.33. The molecule has 1 radical (unpaired) electrons. The lowest BCUT2D eigenvalue weighted by atomic mass is 10.0. The average Bonchev–Trinajstić information content (AvgIpc) is 1.88. The largest absolute Gasteiger partial charge is 0.0590 e. The SMILES string of the molecule is [CH2]C(C)c1ccc(C)cc1. The van der Waals surface area contributed by atoms with Gasteiger partial charge in [-0.3, -0.25) is 0 Å². The summed E-state index contributed by atoms with van der Waals surface area (Å²) in [4.78, 5) is 0. The first-order valence-corrected chi connectivity index (χ1v) is 3.60. The molecule has 0 N–H and O–H groups in total. The maximum Gasteiger partial charge on any atom is -0.0190 e. The number of benzene rings is 1. The standard InChI is InChI=1S/C10H13/c1-8(2)10-6-4-9(3)5-7-10/h4-8H,1H2,2-3H3. The predicted molar refractivity (Wildman–Crippen MR) is 45.0 cm³/mol. The van der Waals surface area contributed by atoms with Crippen LogP contribution in [-0.4, -0.2) is 0 Å². The van der Waals surface area contributed by atoms with E-state index in [2.05, 4.69) is 45.0 Å². The van der Waals surface area contributed by atoms with Crippen molar-refractivity contribution >= 4 is 0 Å². The summed E-state index contributed by atoms with van der Waals surface area (Å²) < 4.78 is 0. The third-order valence-corrected chi connectivity index (χ3v) is 1.65. The molecule has 0 bridgehead atoms. The van der Waals surface area contributed by atoms with Crippen molar-refractivity contribution < 1.29 is 0 Å². The molecule has 0 heterocycles. The van der Waals surface area contributed by atoms with Gasteiger partial charge in [-0.2, -0.15) is 0 Å². The van der Waals surface area contributed by atoms with Crippen molar-refractivity contribution in [2.45, 2.75) is 19.8 Å². The lowest BCUT2D eigenvalue weighted by molar-refractivity contribution is 0.963. The van der Waals surface area contributed by atoms with E-state index >= 15 is 0 Å². The molecule has 0 aromatic heterocycles. The smallest absolute Gasteiger partial charge is 0.0190 e. The second-order valence-corrected chi connectivity index (χ2v) is 2.81. The van der Waals surface area contributed by atoms with Gasteiger partial charge >= 0.3 is 0 Å². The summed E-state index contributed by atoms with van der Waals surface area (Å²) >= 11 is 0. The molecule has 0 spiro atoms. The lowest BCUT2D eigenvalue weighted by Crippen LogP contribution is -1.85. The van der Waals surface area contributed by atoms with E-state index in [9.17, 15) is 0 Å². The molecule has 0 aliphatic rings. The zero-order valence-corrected chi connectivity index (χ0v) is 6.59.